The minimum atomic E-state index is 0.856. The largest absolute Gasteiger partial charge is 0.399 e. The topological polar surface area (TPSA) is 65.0 Å². The molecule has 1 saturated heterocycles. The fraction of sp³-hybridized carbons (Fsp3) is 0.500. The van der Waals surface area contributed by atoms with Gasteiger partial charge in [0.1, 0.15) is 0 Å². The second-order valence-corrected chi connectivity index (χ2v) is 8.70. The van der Waals surface area contributed by atoms with E-state index in [1.165, 1.54) is 11.4 Å². The van der Waals surface area contributed by atoms with Crippen LogP contribution in [0.4, 0.5) is 22.7 Å². The van der Waals surface area contributed by atoms with Crippen LogP contribution in [-0.2, 0) is 0 Å². The van der Waals surface area contributed by atoms with Crippen molar-refractivity contribution in [1.29, 1.82) is 0 Å². The van der Waals surface area contributed by atoms with Crippen molar-refractivity contribution in [2.24, 2.45) is 0 Å². The van der Waals surface area contributed by atoms with Gasteiger partial charge in [-0.15, -0.1) is 0 Å². The number of nitrogens with two attached hydrogens (primary N) is 2. The van der Waals surface area contributed by atoms with Gasteiger partial charge in [-0.1, -0.05) is 0 Å². The monoisotopic (exact) mass is 410 g/mol. The number of hydrogen-bond donors (Lipinski definition) is 2. The van der Waals surface area contributed by atoms with E-state index >= 15 is 0 Å². The smallest absolute Gasteiger partial charge is 0.0371 e. The molecular formula is C24H38N6. The molecule has 0 saturated carbocycles. The third-order valence-corrected chi connectivity index (χ3v) is 6.11. The molecule has 2 aromatic carbocycles. The lowest BCUT2D eigenvalue weighted by Gasteiger charge is -2.29. The van der Waals surface area contributed by atoms with Crippen LogP contribution >= 0.6 is 0 Å². The van der Waals surface area contributed by atoms with E-state index in [1.807, 2.05) is 12.1 Å². The molecular weight excluding hydrogens is 372 g/mol. The summed E-state index contributed by atoms with van der Waals surface area (Å²) in [6.45, 7) is 12.4. The number of hydrogen-bond acceptors (Lipinski definition) is 6. The van der Waals surface area contributed by atoms with Crippen LogP contribution in [0.3, 0.4) is 0 Å². The van der Waals surface area contributed by atoms with E-state index < -0.39 is 0 Å². The molecule has 1 fully saturated rings. The fourth-order valence-electron chi connectivity index (χ4n) is 3.90. The van der Waals surface area contributed by atoms with Crippen molar-refractivity contribution in [2.75, 3.05) is 87.7 Å². The summed E-state index contributed by atoms with van der Waals surface area (Å²) in [7, 11) is 4.28. The molecule has 1 heterocycles. The summed E-state index contributed by atoms with van der Waals surface area (Å²) in [5.41, 5.74) is 18.6. The fourth-order valence-corrected chi connectivity index (χ4v) is 3.90. The summed E-state index contributed by atoms with van der Waals surface area (Å²) in [6.07, 6.45) is 0. The molecule has 0 radical (unpaired) electrons. The number of aryl methyl sites for hydroxylation is 2. The highest BCUT2D eigenvalue weighted by atomic mass is 15.3. The van der Waals surface area contributed by atoms with Gasteiger partial charge < -0.3 is 26.2 Å². The van der Waals surface area contributed by atoms with E-state index in [1.54, 1.807) is 0 Å². The molecule has 0 unspecified atom stereocenters. The molecule has 3 rings (SSSR count). The van der Waals surface area contributed by atoms with Crippen molar-refractivity contribution in [2.45, 2.75) is 13.8 Å². The zero-order chi connectivity index (χ0) is 21.7. The number of benzene rings is 2. The van der Waals surface area contributed by atoms with E-state index in [-0.39, 0.29) is 0 Å². The highest BCUT2D eigenvalue weighted by Gasteiger charge is 2.18. The van der Waals surface area contributed by atoms with Gasteiger partial charge in [0.2, 0.25) is 0 Å². The standard InChI is InChI=1S/C24H38N6/c1-19-17-21(5-7-23(19)25)29-13-11-28(10-9-27(3)4)12-14-30(16-15-29)22-6-8-24(26)20(2)18-22/h5-8,17-18H,9-16,25-26H2,1-4H3. The van der Waals surface area contributed by atoms with Gasteiger partial charge in [-0.05, 0) is 75.5 Å². The van der Waals surface area contributed by atoms with Crippen LogP contribution in [0.15, 0.2) is 36.4 Å². The molecule has 0 amide bonds. The van der Waals surface area contributed by atoms with Gasteiger partial charge in [0.15, 0.2) is 0 Å². The highest BCUT2D eigenvalue weighted by molar-refractivity contribution is 5.60. The van der Waals surface area contributed by atoms with Crippen LogP contribution in [0, 0.1) is 13.8 Å². The normalized spacial score (nSPS) is 16.4. The predicted molar refractivity (Wildman–Crippen MR) is 131 cm³/mol. The minimum absolute atomic E-state index is 0.856. The molecule has 4 N–H and O–H groups in total. The molecule has 164 valence electrons. The summed E-state index contributed by atoms with van der Waals surface area (Å²) in [5, 5.41) is 0. The lowest BCUT2D eigenvalue weighted by molar-refractivity contribution is 0.251. The van der Waals surface area contributed by atoms with Crippen molar-refractivity contribution in [3.63, 3.8) is 0 Å². The molecule has 0 atom stereocenters. The van der Waals surface area contributed by atoms with Gasteiger partial charge in [0.05, 0.1) is 0 Å². The quantitative estimate of drug-likeness (QED) is 0.739. The average Bonchev–Trinajstić information content (AvgIpc) is 2.81. The van der Waals surface area contributed by atoms with Gasteiger partial charge in [-0.2, -0.15) is 0 Å². The Kier molecular flexibility index (Phi) is 7.45. The van der Waals surface area contributed by atoms with E-state index in [0.717, 1.165) is 74.9 Å². The van der Waals surface area contributed by atoms with Crippen LogP contribution in [0.25, 0.3) is 0 Å². The minimum Gasteiger partial charge on any atom is -0.399 e. The van der Waals surface area contributed by atoms with Gasteiger partial charge >= 0.3 is 0 Å². The number of likely N-dealkylation sites (N-methyl/N-ethyl adjacent to an activating group) is 1. The molecule has 30 heavy (non-hydrogen) atoms. The lowest BCUT2D eigenvalue weighted by Crippen LogP contribution is -2.39. The molecule has 1 aliphatic rings. The molecule has 0 spiro atoms. The van der Waals surface area contributed by atoms with Crippen LogP contribution in [0.1, 0.15) is 11.1 Å². The Morgan fingerprint density at radius 2 is 1.17 bits per heavy atom. The van der Waals surface area contributed by atoms with Crippen molar-refractivity contribution in [3.05, 3.63) is 47.5 Å². The van der Waals surface area contributed by atoms with Crippen molar-refractivity contribution in [1.82, 2.24) is 9.80 Å². The highest BCUT2D eigenvalue weighted by Crippen LogP contribution is 2.24. The first-order chi connectivity index (χ1) is 14.3. The second-order valence-electron chi connectivity index (χ2n) is 8.70. The number of anilines is 4. The molecule has 2 aromatic rings. The summed E-state index contributed by atoms with van der Waals surface area (Å²) >= 11 is 0. The Bertz CT molecular complexity index is 771. The summed E-state index contributed by atoms with van der Waals surface area (Å²) < 4.78 is 0. The maximum absolute atomic E-state index is 6.06. The zero-order valence-corrected chi connectivity index (χ0v) is 19.1. The van der Waals surface area contributed by atoms with Crippen LogP contribution in [0.5, 0.6) is 0 Å². The second kappa shape index (κ2) is 10.0. The Hall–Kier alpha value is -2.44. The van der Waals surface area contributed by atoms with Crippen LogP contribution in [-0.4, -0.2) is 76.3 Å². The molecule has 6 nitrogen and oxygen atoms in total. The number of nitrogens with zero attached hydrogens (tertiary/aromatic N) is 4. The van der Waals surface area contributed by atoms with Gasteiger partial charge in [0.25, 0.3) is 0 Å². The summed E-state index contributed by atoms with van der Waals surface area (Å²) in [5.74, 6) is 0. The van der Waals surface area contributed by atoms with E-state index in [4.69, 9.17) is 11.5 Å². The van der Waals surface area contributed by atoms with Crippen LogP contribution in [0.2, 0.25) is 0 Å². The predicted octanol–water partition coefficient (Wildman–Crippen LogP) is 2.66. The maximum atomic E-state index is 6.06. The first-order valence-electron chi connectivity index (χ1n) is 10.9. The Labute approximate surface area is 182 Å². The SMILES string of the molecule is Cc1cc(N2CCN(CCN(C)C)CCN(c3ccc(N)c(C)c3)CC2)ccc1N. The molecule has 0 aromatic heterocycles. The molecule has 6 heteroatoms. The Morgan fingerprint density at radius 1 is 0.733 bits per heavy atom. The zero-order valence-electron chi connectivity index (χ0n) is 19.1. The molecule has 0 aliphatic carbocycles. The third-order valence-electron chi connectivity index (χ3n) is 6.11. The van der Waals surface area contributed by atoms with Crippen molar-refractivity contribution < 1.29 is 0 Å². The van der Waals surface area contributed by atoms with E-state index in [9.17, 15) is 0 Å². The number of nitrogen functional groups attached to an aromatic ring is 2. The van der Waals surface area contributed by atoms with Gasteiger partial charge in [-0.25, -0.2) is 0 Å². The third kappa shape index (κ3) is 5.80. The van der Waals surface area contributed by atoms with Crippen molar-refractivity contribution >= 4 is 22.7 Å². The van der Waals surface area contributed by atoms with E-state index in [2.05, 4.69) is 71.8 Å². The first-order valence-corrected chi connectivity index (χ1v) is 10.9. The lowest BCUT2D eigenvalue weighted by atomic mass is 10.1. The van der Waals surface area contributed by atoms with Gasteiger partial charge in [0, 0.05) is 75.1 Å². The van der Waals surface area contributed by atoms with Gasteiger partial charge in [-0.3, -0.25) is 4.90 Å². The first kappa shape index (κ1) is 22.2. The Morgan fingerprint density at radius 3 is 1.57 bits per heavy atom. The van der Waals surface area contributed by atoms with E-state index in [0.29, 0.717) is 0 Å². The molecule has 0 bridgehead atoms. The maximum Gasteiger partial charge on any atom is 0.0371 e. The Balaban J connectivity index is 1.83. The van der Waals surface area contributed by atoms with Crippen molar-refractivity contribution in [3.8, 4) is 0 Å². The summed E-state index contributed by atoms with van der Waals surface area (Å²) in [6, 6.07) is 12.8. The number of rotatable bonds is 5. The summed E-state index contributed by atoms with van der Waals surface area (Å²) in [4.78, 5) is 9.84. The van der Waals surface area contributed by atoms with Crippen LogP contribution < -0.4 is 21.3 Å². The molecule has 1 aliphatic heterocycles. The average molecular weight is 411 g/mol.